The van der Waals surface area contributed by atoms with Crippen LogP contribution < -0.4 is 11.1 Å². The first-order valence-electron chi connectivity index (χ1n) is 6.78. The molecule has 2 rings (SSSR count). The van der Waals surface area contributed by atoms with Gasteiger partial charge in [0.05, 0.1) is 29.0 Å². The van der Waals surface area contributed by atoms with Crippen molar-refractivity contribution in [2.75, 3.05) is 38.5 Å². The number of amides is 1. The normalized spacial score (nSPS) is 19.8. The Morgan fingerprint density at radius 1 is 1.60 bits per heavy atom. The van der Waals surface area contributed by atoms with Gasteiger partial charge < -0.3 is 15.8 Å². The molecule has 5 nitrogen and oxygen atoms in total. The number of nitrogen functional groups attached to an aromatic ring is 1. The zero-order valence-corrected chi connectivity index (χ0v) is 12.3. The molecule has 1 aliphatic rings. The number of likely N-dealkylation sites (N-methyl/N-ethyl adjacent to an activating group) is 1. The number of anilines is 1. The van der Waals surface area contributed by atoms with Crippen LogP contribution in [0.5, 0.6) is 0 Å². The summed E-state index contributed by atoms with van der Waals surface area (Å²) in [4.78, 5) is 14.4. The number of ether oxygens (including phenoxy) is 1. The molecule has 0 radical (unpaired) electrons. The molecule has 1 saturated heterocycles. The van der Waals surface area contributed by atoms with Gasteiger partial charge in [-0.1, -0.05) is 24.6 Å². The van der Waals surface area contributed by atoms with Gasteiger partial charge in [0.1, 0.15) is 0 Å². The average molecular weight is 298 g/mol. The lowest BCUT2D eigenvalue weighted by molar-refractivity contribution is -0.0246. The first kappa shape index (κ1) is 15.1. The number of carbonyl (C=O) groups excluding carboxylic acids is 1. The Labute approximate surface area is 124 Å². The second-order valence-electron chi connectivity index (χ2n) is 4.80. The lowest BCUT2D eigenvalue weighted by atomic mass is 10.1. The second kappa shape index (κ2) is 6.92. The number of carbonyl (C=O) groups is 1. The van der Waals surface area contributed by atoms with Crippen LogP contribution in [0.3, 0.4) is 0 Å². The molecule has 0 aromatic heterocycles. The molecule has 110 valence electrons. The minimum Gasteiger partial charge on any atom is -0.397 e. The van der Waals surface area contributed by atoms with Gasteiger partial charge in [0.15, 0.2) is 0 Å². The van der Waals surface area contributed by atoms with Crippen molar-refractivity contribution in [3.8, 4) is 0 Å². The average Bonchev–Trinajstić information content (AvgIpc) is 2.48. The van der Waals surface area contributed by atoms with Crippen molar-refractivity contribution in [1.29, 1.82) is 0 Å². The van der Waals surface area contributed by atoms with Gasteiger partial charge in [-0.15, -0.1) is 0 Å². The summed E-state index contributed by atoms with van der Waals surface area (Å²) in [5.41, 5.74) is 6.52. The largest absolute Gasteiger partial charge is 0.397 e. The van der Waals surface area contributed by atoms with E-state index in [2.05, 4.69) is 17.1 Å². The molecule has 0 bridgehead atoms. The molecular formula is C14H20ClN3O2. The van der Waals surface area contributed by atoms with Gasteiger partial charge in [0.25, 0.3) is 5.91 Å². The number of nitrogens with two attached hydrogens (primary N) is 1. The molecule has 0 saturated carbocycles. The molecule has 1 heterocycles. The highest BCUT2D eigenvalue weighted by atomic mass is 35.5. The number of hydrogen-bond acceptors (Lipinski definition) is 4. The zero-order chi connectivity index (χ0) is 14.5. The van der Waals surface area contributed by atoms with Crippen molar-refractivity contribution in [3.63, 3.8) is 0 Å². The third kappa shape index (κ3) is 3.62. The molecule has 1 aliphatic heterocycles. The Bertz CT molecular complexity index is 481. The minimum absolute atomic E-state index is 0.0214. The highest BCUT2D eigenvalue weighted by molar-refractivity contribution is 6.33. The van der Waals surface area contributed by atoms with Gasteiger partial charge in [-0.3, -0.25) is 9.69 Å². The Hall–Kier alpha value is -1.30. The fourth-order valence-corrected chi connectivity index (χ4v) is 2.40. The summed E-state index contributed by atoms with van der Waals surface area (Å²) in [6.07, 6.45) is 0.0214. The van der Waals surface area contributed by atoms with E-state index in [1.54, 1.807) is 18.2 Å². The van der Waals surface area contributed by atoms with Crippen molar-refractivity contribution < 1.29 is 9.53 Å². The maximum absolute atomic E-state index is 12.1. The smallest absolute Gasteiger partial charge is 0.253 e. The molecule has 0 spiro atoms. The number of para-hydroxylation sites is 1. The molecule has 1 amide bonds. The van der Waals surface area contributed by atoms with Crippen LogP contribution in [-0.2, 0) is 4.74 Å². The fraction of sp³-hybridized carbons (Fsp3) is 0.500. The van der Waals surface area contributed by atoms with Crippen LogP contribution >= 0.6 is 11.6 Å². The van der Waals surface area contributed by atoms with E-state index in [1.165, 1.54) is 0 Å². The summed E-state index contributed by atoms with van der Waals surface area (Å²) in [5, 5.41) is 3.24. The Balaban J connectivity index is 1.90. The summed E-state index contributed by atoms with van der Waals surface area (Å²) in [7, 11) is 0. The van der Waals surface area contributed by atoms with Gasteiger partial charge in [-0.05, 0) is 18.7 Å². The predicted octanol–water partition coefficient (Wildman–Crippen LogP) is 1.37. The highest BCUT2D eigenvalue weighted by Crippen LogP contribution is 2.22. The van der Waals surface area contributed by atoms with Crippen LogP contribution in [-0.4, -0.2) is 49.7 Å². The van der Waals surface area contributed by atoms with E-state index in [4.69, 9.17) is 22.1 Å². The lowest BCUT2D eigenvalue weighted by Crippen LogP contribution is -2.47. The third-order valence-electron chi connectivity index (χ3n) is 3.46. The quantitative estimate of drug-likeness (QED) is 0.824. The number of rotatable bonds is 4. The first-order valence-corrected chi connectivity index (χ1v) is 7.15. The molecular weight excluding hydrogens is 278 g/mol. The molecule has 1 aromatic carbocycles. The number of morpholine rings is 1. The zero-order valence-electron chi connectivity index (χ0n) is 11.6. The van der Waals surface area contributed by atoms with E-state index in [9.17, 15) is 4.79 Å². The Kier molecular flexibility index (Phi) is 5.23. The van der Waals surface area contributed by atoms with Crippen molar-refractivity contribution >= 4 is 23.2 Å². The van der Waals surface area contributed by atoms with Crippen molar-refractivity contribution in [2.24, 2.45) is 0 Å². The van der Waals surface area contributed by atoms with Gasteiger partial charge in [0, 0.05) is 19.6 Å². The standard InChI is InChI=1S/C14H20ClN3O2/c1-2-18-6-7-20-10(9-18)8-17-14(19)11-4-3-5-12(15)13(11)16/h3-5,10H,2,6-9,16H2,1H3,(H,17,19). The number of halogens is 1. The minimum atomic E-state index is -0.220. The van der Waals surface area contributed by atoms with E-state index >= 15 is 0 Å². The van der Waals surface area contributed by atoms with Crippen LogP contribution in [0, 0.1) is 0 Å². The maximum Gasteiger partial charge on any atom is 0.253 e. The summed E-state index contributed by atoms with van der Waals surface area (Å²) < 4.78 is 5.64. The molecule has 1 fully saturated rings. The maximum atomic E-state index is 12.1. The lowest BCUT2D eigenvalue weighted by Gasteiger charge is -2.32. The van der Waals surface area contributed by atoms with Crippen molar-refractivity contribution in [3.05, 3.63) is 28.8 Å². The van der Waals surface area contributed by atoms with E-state index in [1.807, 2.05) is 0 Å². The first-order chi connectivity index (χ1) is 9.61. The van der Waals surface area contributed by atoms with Gasteiger partial charge in [-0.2, -0.15) is 0 Å². The Morgan fingerprint density at radius 2 is 2.40 bits per heavy atom. The molecule has 3 N–H and O–H groups in total. The molecule has 1 atom stereocenters. The fourth-order valence-electron chi connectivity index (χ4n) is 2.23. The van der Waals surface area contributed by atoms with E-state index in [-0.39, 0.29) is 12.0 Å². The summed E-state index contributed by atoms with van der Waals surface area (Å²) in [6, 6.07) is 5.04. The van der Waals surface area contributed by atoms with E-state index in [0.29, 0.717) is 29.4 Å². The van der Waals surface area contributed by atoms with Crippen LogP contribution in [0.25, 0.3) is 0 Å². The topological polar surface area (TPSA) is 67.6 Å². The van der Waals surface area contributed by atoms with Crippen molar-refractivity contribution in [2.45, 2.75) is 13.0 Å². The number of hydrogen-bond donors (Lipinski definition) is 2. The molecule has 0 aliphatic carbocycles. The van der Waals surface area contributed by atoms with Crippen LogP contribution in [0.2, 0.25) is 5.02 Å². The van der Waals surface area contributed by atoms with E-state index < -0.39 is 0 Å². The van der Waals surface area contributed by atoms with Crippen LogP contribution in [0.15, 0.2) is 18.2 Å². The molecule has 20 heavy (non-hydrogen) atoms. The van der Waals surface area contributed by atoms with Gasteiger partial charge >= 0.3 is 0 Å². The predicted molar refractivity (Wildman–Crippen MR) is 80.1 cm³/mol. The number of nitrogens with one attached hydrogen (secondary N) is 1. The number of benzene rings is 1. The van der Waals surface area contributed by atoms with E-state index in [0.717, 1.165) is 19.6 Å². The summed E-state index contributed by atoms with van der Waals surface area (Å²) in [6.45, 7) is 6.07. The van der Waals surface area contributed by atoms with Crippen molar-refractivity contribution in [1.82, 2.24) is 10.2 Å². The molecule has 6 heteroatoms. The van der Waals surface area contributed by atoms with Gasteiger partial charge in [-0.25, -0.2) is 0 Å². The molecule has 1 aromatic rings. The van der Waals surface area contributed by atoms with Gasteiger partial charge in [0.2, 0.25) is 0 Å². The van der Waals surface area contributed by atoms with Crippen LogP contribution in [0.4, 0.5) is 5.69 Å². The SMILES string of the molecule is CCN1CCOC(CNC(=O)c2cccc(Cl)c2N)C1. The summed E-state index contributed by atoms with van der Waals surface area (Å²) in [5.74, 6) is -0.220. The van der Waals surface area contributed by atoms with Crippen LogP contribution in [0.1, 0.15) is 17.3 Å². The molecule has 1 unspecified atom stereocenters. The highest BCUT2D eigenvalue weighted by Gasteiger charge is 2.20. The Morgan fingerprint density at radius 3 is 3.15 bits per heavy atom. The second-order valence-corrected chi connectivity index (χ2v) is 5.20. The third-order valence-corrected chi connectivity index (χ3v) is 3.79. The summed E-state index contributed by atoms with van der Waals surface area (Å²) >= 11 is 5.91. The monoisotopic (exact) mass is 297 g/mol. The number of nitrogens with zero attached hydrogens (tertiary/aromatic N) is 1.